The second-order valence-electron chi connectivity index (χ2n) is 4.92. The summed E-state index contributed by atoms with van der Waals surface area (Å²) in [6.45, 7) is 6.17. The molecule has 0 amide bonds. The highest BCUT2D eigenvalue weighted by Gasteiger charge is 2.15. The van der Waals surface area contributed by atoms with E-state index in [2.05, 4.69) is 77.0 Å². The van der Waals surface area contributed by atoms with Crippen LogP contribution < -0.4 is 4.90 Å². The van der Waals surface area contributed by atoms with Gasteiger partial charge in [-0.2, -0.15) is 0 Å². The molecule has 0 spiro atoms. The highest BCUT2D eigenvalue weighted by Crippen LogP contribution is 2.32. The Morgan fingerprint density at radius 2 is 0.895 bits per heavy atom. The van der Waals surface area contributed by atoms with E-state index in [1.54, 1.807) is 0 Å². The van der Waals surface area contributed by atoms with Crippen LogP contribution in [0.5, 0.6) is 0 Å². The highest BCUT2D eigenvalue weighted by atomic mass is 15.3. The van der Waals surface area contributed by atoms with Crippen LogP contribution in [0.1, 0.15) is 17.1 Å². The number of H-pyrrole nitrogens is 3. The van der Waals surface area contributed by atoms with Crippen molar-refractivity contribution in [2.45, 2.75) is 20.8 Å². The van der Waals surface area contributed by atoms with Gasteiger partial charge >= 0.3 is 0 Å². The van der Waals surface area contributed by atoms with E-state index in [1.165, 1.54) is 0 Å². The topological polar surface area (TPSA) is 50.6 Å². The molecule has 3 N–H and O–H groups in total. The van der Waals surface area contributed by atoms with Gasteiger partial charge in [0.15, 0.2) is 0 Å². The zero-order chi connectivity index (χ0) is 13.4. The van der Waals surface area contributed by atoms with E-state index >= 15 is 0 Å². The van der Waals surface area contributed by atoms with E-state index in [9.17, 15) is 0 Å². The molecule has 0 aliphatic rings. The molecule has 0 bridgehead atoms. The maximum Gasteiger partial charge on any atom is 0.117 e. The molecule has 0 radical (unpaired) electrons. The lowest BCUT2D eigenvalue weighted by Crippen LogP contribution is -2.11. The fourth-order valence-corrected chi connectivity index (χ4v) is 2.25. The Hall–Kier alpha value is -2.36. The van der Waals surface area contributed by atoms with Gasteiger partial charge in [-0.05, 0) is 57.2 Å². The van der Waals surface area contributed by atoms with Crippen LogP contribution in [0.3, 0.4) is 0 Å². The number of rotatable bonds is 3. The van der Waals surface area contributed by atoms with Crippen molar-refractivity contribution < 1.29 is 0 Å². The van der Waals surface area contributed by atoms with Crippen LogP contribution in [-0.4, -0.2) is 15.0 Å². The van der Waals surface area contributed by atoms with Crippen LogP contribution in [0.15, 0.2) is 36.4 Å². The first-order valence-electron chi connectivity index (χ1n) is 6.40. The van der Waals surface area contributed by atoms with Gasteiger partial charge in [0.05, 0.1) is 0 Å². The van der Waals surface area contributed by atoms with E-state index in [-0.39, 0.29) is 0 Å². The predicted molar refractivity (Wildman–Crippen MR) is 78.4 cm³/mol. The van der Waals surface area contributed by atoms with E-state index < -0.39 is 0 Å². The van der Waals surface area contributed by atoms with Crippen molar-refractivity contribution in [3.63, 3.8) is 0 Å². The summed E-state index contributed by atoms with van der Waals surface area (Å²) >= 11 is 0. The van der Waals surface area contributed by atoms with E-state index in [4.69, 9.17) is 0 Å². The minimum atomic E-state index is 1.04. The number of hydrogen-bond donors (Lipinski definition) is 3. The monoisotopic (exact) mass is 254 g/mol. The van der Waals surface area contributed by atoms with Crippen molar-refractivity contribution in [3.8, 4) is 0 Å². The number of hydrogen-bond acceptors (Lipinski definition) is 1. The molecule has 0 atom stereocenters. The summed E-state index contributed by atoms with van der Waals surface area (Å²) in [5, 5.41) is 0. The average molecular weight is 254 g/mol. The molecule has 3 rings (SSSR count). The Bertz CT molecular complexity index is 591. The van der Waals surface area contributed by atoms with Gasteiger partial charge < -0.3 is 15.0 Å². The molecule has 0 unspecified atom stereocenters. The summed E-state index contributed by atoms with van der Waals surface area (Å²) in [7, 11) is 0. The molecule has 3 heterocycles. The summed E-state index contributed by atoms with van der Waals surface area (Å²) in [5.41, 5.74) is 3.43. The summed E-state index contributed by atoms with van der Waals surface area (Å²) in [5.74, 6) is 3.13. The molecule has 3 aromatic rings. The van der Waals surface area contributed by atoms with Crippen LogP contribution in [0.25, 0.3) is 0 Å². The molecule has 19 heavy (non-hydrogen) atoms. The van der Waals surface area contributed by atoms with E-state index in [0.717, 1.165) is 34.5 Å². The molecule has 0 saturated heterocycles. The molecule has 0 aliphatic carbocycles. The summed E-state index contributed by atoms with van der Waals surface area (Å²) in [6, 6.07) is 12.5. The lowest BCUT2D eigenvalue weighted by Gasteiger charge is -2.20. The first kappa shape index (κ1) is 11.7. The van der Waals surface area contributed by atoms with Gasteiger partial charge in [-0.3, -0.25) is 4.90 Å². The molecular formula is C15H18N4. The number of aromatic amines is 3. The van der Waals surface area contributed by atoms with Gasteiger partial charge in [0.25, 0.3) is 0 Å². The lowest BCUT2D eigenvalue weighted by atomic mass is 10.4. The second kappa shape index (κ2) is 4.39. The maximum atomic E-state index is 3.38. The Labute approximate surface area is 112 Å². The SMILES string of the molecule is Cc1ccc(N(c2ccc(C)[nH]2)c2ccc(C)[nH]2)[nH]1. The second-order valence-corrected chi connectivity index (χ2v) is 4.92. The maximum absolute atomic E-state index is 3.38. The Morgan fingerprint density at radius 1 is 0.579 bits per heavy atom. The highest BCUT2D eigenvalue weighted by molar-refractivity contribution is 5.70. The summed E-state index contributed by atoms with van der Waals surface area (Å²) in [4.78, 5) is 12.3. The number of aryl methyl sites for hydroxylation is 3. The number of aromatic nitrogens is 3. The zero-order valence-electron chi connectivity index (χ0n) is 11.4. The first-order chi connectivity index (χ1) is 9.13. The molecular weight excluding hydrogens is 236 g/mol. The summed E-state index contributed by atoms with van der Waals surface area (Å²) < 4.78 is 0. The smallest absolute Gasteiger partial charge is 0.117 e. The number of anilines is 3. The van der Waals surface area contributed by atoms with Crippen molar-refractivity contribution in [2.75, 3.05) is 4.90 Å². The van der Waals surface area contributed by atoms with Gasteiger partial charge in [-0.25, -0.2) is 0 Å². The standard InChI is InChI=1S/C15H18N4/c1-10-4-7-13(16-10)19(14-8-5-11(2)17-14)15-9-6-12(3)18-15/h4-9,16-18H,1-3H3. The minimum Gasteiger partial charge on any atom is -0.345 e. The van der Waals surface area contributed by atoms with Gasteiger partial charge in [-0.15, -0.1) is 0 Å². The third-order valence-electron chi connectivity index (χ3n) is 3.17. The van der Waals surface area contributed by atoms with Crippen LogP contribution in [-0.2, 0) is 0 Å². The molecule has 0 fully saturated rings. The first-order valence-corrected chi connectivity index (χ1v) is 6.40. The molecule has 3 aromatic heterocycles. The third kappa shape index (κ3) is 2.17. The minimum absolute atomic E-state index is 1.04. The zero-order valence-corrected chi connectivity index (χ0v) is 11.4. The van der Waals surface area contributed by atoms with Gasteiger partial charge in [0, 0.05) is 17.1 Å². The molecule has 98 valence electrons. The van der Waals surface area contributed by atoms with Gasteiger partial charge in [0.2, 0.25) is 0 Å². The average Bonchev–Trinajstić information content (AvgIpc) is 3.05. The van der Waals surface area contributed by atoms with Crippen molar-refractivity contribution in [1.82, 2.24) is 15.0 Å². The molecule has 0 aliphatic heterocycles. The predicted octanol–water partition coefficient (Wildman–Crippen LogP) is 4.07. The quantitative estimate of drug-likeness (QED) is 0.648. The third-order valence-corrected chi connectivity index (χ3v) is 3.17. The number of nitrogens with one attached hydrogen (secondary N) is 3. The van der Waals surface area contributed by atoms with Gasteiger partial charge in [-0.1, -0.05) is 0 Å². The van der Waals surface area contributed by atoms with Crippen molar-refractivity contribution >= 4 is 17.5 Å². The fourth-order valence-electron chi connectivity index (χ4n) is 2.25. The molecule has 0 aromatic carbocycles. The van der Waals surface area contributed by atoms with Crippen LogP contribution >= 0.6 is 0 Å². The van der Waals surface area contributed by atoms with Crippen LogP contribution in [0.2, 0.25) is 0 Å². The Kier molecular flexibility index (Phi) is 2.71. The van der Waals surface area contributed by atoms with Crippen molar-refractivity contribution in [2.24, 2.45) is 0 Å². The van der Waals surface area contributed by atoms with E-state index in [0.29, 0.717) is 0 Å². The molecule has 4 nitrogen and oxygen atoms in total. The molecule has 4 heteroatoms. The normalized spacial score (nSPS) is 10.9. The lowest BCUT2D eigenvalue weighted by molar-refractivity contribution is 1.09. The fraction of sp³-hybridized carbons (Fsp3) is 0.200. The van der Waals surface area contributed by atoms with Crippen LogP contribution in [0, 0.1) is 20.8 Å². The van der Waals surface area contributed by atoms with E-state index in [1.807, 2.05) is 0 Å². The molecule has 0 saturated carbocycles. The largest absolute Gasteiger partial charge is 0.345 e. The van der Waals surface area contributed by atoms with Crippen molar-refractivity contribution in [3.05, 3.63) is 53.5 Å². The van der Waals surface area contributed by atoms with Gasteiger partial charge in [0.1, 0.15) is 17.5 Å². The summed E-state index contributed by atoms with van der Waals surface area (Å²) in [6.07, 6.45) is 0. The number of nitrogens with zero attached hydrogens (tertiary/aromatic N) is 1. The Morgan fingerprint density at radius 3 is 1.11 bits per heavy atom. The van der Waals surface area contributed by atoms with Crippen LogP contribution in [0.4, 0.5) is 17.5 Å². The Balaban J connectivity index is 2.10. The van der Waals surface area contributed by atoms with Crippen molar-refractivity contribution in [1.29, 1.82) is 0 Å².